The van der Waals surface area contributed by atoms with Gasteiger partial charge in [-0.2, -0.15) is 0 Å². The monoisotopic (exact) mass is 601 g/mol. The first-order chi connectivity index (χ1) is 20.8. The Labute approximate surface area is 253 Å². The highest BCUT2D eigenvalue weighted by Crippen LogP contribution is 2.35. The van der Waals surface area contributed by atoms with E-state index in [9.17, 15) is 24.6 Å². The molecule has 4 N–H and O–H groups in total. The maximum absolute atomic E-state index is 13.6. The predicted molar refractivity (Wildman–Crippen MR) is 165 cm³/mol. The molecule has 43 heavy (non-hydrogen) atoms. The largest absolute Gasteiger partial charge is 0.505 e. The third-order valence-electron chi connectivity index (χ3n) is 7.50. The molecule has 9 nitrogen and oxygen atoms in total. The fourth-order valence-electron chi connectivity index (χ4n) is 5.49. The normalized spacial score (nSPS) is 12.8. The van der Waals surface area contributed by atoms with Gasteiger partial charge in [0, 0.05) is 21.8 Å². The van der Waals surface area contributed by atoms with Crippen LogP contribution in [0, 0.1) is 0 Å². The Morgan fingerprint density at radius 3 is 2.51 bits per heavy atom. The maximum atomic E-state index is 13.6. The molecule has 5 rings (SSSR count). The van der Waals surface area contributed by atoms with Crippen molar-refractivity contribution < 1.29 is 24.5 Å². The number of hydrogen-bond donors (Lipinski definition) is 4. The number of aromatic nitrogens is 1. The van der Waals surface area contributed by atoms with Crippen LogP contribution >= 0.6 is 11.6 Å². The van der Waals surface area contributed by atoms with E-state index in [-0.39, 0.29) is 18.0 Å². The molecule has 222 valence electrons. The van der Waals surface area contributed by atoms with Gasteiger partial charge in [0.05, 0.1) is 25.6 Å². The lowest BCUT2D eigenvalue weighted by atomic mass is 9.98. The number of fused-ring (bicyclic) bond motifs is 1. The number of urea groups is 1. The zero-order valence-corrected chi connectivity index (χ0v) is 24.4. The molecule has 1 aromatic heterocycles. The van der Waals surface area contributed by atoms with Crippen LogP contribution in [0.4, 0.5) is 10.5 Å². The van der Waals surface area contributed by atoms with Gasteiger partial charge in [-0.05, 0) is 55.0 Å². The molecule has 10 heteroatoms. The van der Waals surface area contributed by atoms with Gasteiger partial charge in [-0.1, -0.05) is 72.3 Å². The number of nitrogens with zero attached hydrogens (tertiary/aromatic N) is 1. The molecular formula is C33H32ClN3O6. The molecule has 0 radical (unpaired) electrons. The standard InChI is InChI=1S/C33H32ClN3O6/c1-2-43-28-17-21(15-16-23(28)20-9-4-3-5-10-20)26(18-29(38)39)35-33(42)36-30-31(40)24-12-8-14-27(24)37(32(30)41)19-22-11-6-7-13-25(22)34/h3-7,9-11,13,15-17,26,40H,2,8,12,14,18-19H2,1H3,(H,38,39)(H2,35,36,42)/t26-/m0/s1. The first-order valence-corrected chi connectivity index (χ1v) is 14.5. The Hall–Kier alpha value is -4.76. The van der Waals surface area contributed by atoms with Crippen molar-refractivity contribution in [2.45, 2.75) is 45.2 Å². The van der Waals surface area contributed by atoms with E-state index in [1.54, 1.807) is 24.3 Å². The first-order valence-electron chi connectivity index (χ1n) is 14.1. The minimum Gasteiger partial charge on any atom is -0.505 e. The number of rotatable bonds is 10. The van der Waals surface area contributed by atoms with E-state index in [1.807, 2.05) is 55.5 Å². The molecule has 3 aromatic carbocycles. The number of carboxylic acids is 1. The number of benzene rings is 3. The molecule has 4 aromatic rings. The third-order valence-corrected chi connectivity index (χ3v) is 7.87. The molecule has 0 fully saturated rings. The Morgan fingerprint density at radius 2 is 1.79 bits per heavy atom. The number of ether oxygens (including phenoxy) is 1. The number of aliphatic carboxylic acids is 1. The number of hydrogen-bond acceptors (Lipinski definition) is 5. The zero-order chi connectivity index (χ0) is 30.5. The number of anilines is 1. The number of halogens is 1. The third kappa shape index (κ3) is 6.52. The van der Waals surface area contributed by atoms with Crippen LogP contribution in [0.2, 0.25) is 5.02 Å². The van der Waals surface area contributed by atoms with Crippen molar-refractivity contribution in [3.8, 4) is 22.6 Å². The molecule has 0 aliphatic heterocycles. The van der Waals surface area contributed by atoms with Crippen molar-refractivity contribution in [2.24, 2.45) is 0 Å². The number of pyridine rings is 1. The Kier molecular flexibility index (Phi) is 9.01. The molecule has 0 spiro atoms. The van der Waals surface area contributed by atoms with Gasteiger partial charge in [0.1, 0.15) is 11.5 Å². The van der Waals surface area contributed by atoms with Gasteiger partial charge in [0.15, 0.2) is 5.69 Å². The molecule has 1 heterocycles. The number of aromatic hydroxyl groups is 1. The summed E-state index contributed by atoms with van der Waals surface area (Å²) in [6.45, 7) is 2.41. The molecule has 1 aliphatic carbocycles. The highest BCUT2D eigenvalue weighted by molar-refractivity contribution is 6.31. The second kappa shape index (κ2) is 13.0. The van der Waals surface area contributed by atoms with Gasteiger partial charge in [0.25, 0.3) is 5.56 Å². The van der Waals surface area contributed by atoms with Crippen LogP contribution in [0.1, 0.15) is 48.2 Å². The van der Waals surface area contributed by atoms with Crippen molar-refractivity contribution in [1.29, 1.82) is 0 Å². The summed E-state index contributed by atoms with van der Waals surface area (Å²) in [6, 6.07) is 20.3. The fourth-order valence-corrected chi connectivity index (χ4v) is 5.68. The lowest BCUT2D eigenvalue weighted by Gasteiger charge is -2.21. The number of carbonyl (C=O) groups is 2. The van der Waals surface area contributed by atoms with Crippen molar-refractivity contribution in [1.82, 2.24) is 9.88 Å². The lowest BCUT2D eigenvalue weighted by molar-refractivity contribution is -0.137. The van der Waals surface area contributed by atoms with Crippen LogP contribution in [0.15, 0.2) is 77.6 Å². The highest BCUT2D eigenvalue weighted by atomic mass is 35.5. The smallest absolute Gasteiger partial charge is 0.319 e. The summed E-state index contributed by atoms with van der Waals surface area (Å²) in [5, 5.41) is 26.3. The molecule has 1 atom stereocenters. The minimum absolute atomic E-state index is 0.174. The summed E-state index contributed by atoms with van der Waals surface area (Å²) >= 11 is 6.36. The van der Waals surface area contributed by atoms with Crippen molar-refractivity contribution in [3.05, 3.63) is 111 Å². The Balaban J connectivity index is 1.45. The average Bonchev–Trinajstić information content (AvgIpc) is 3.49. The van der Waals surface area contributed by atoms with E-state index in [2.05, 4.69) is 10.6 Å². The van der Waals surface area contributed by atoms with Crippen LogP contribution in [0.25, 0.3) is 11.1 Å². The summed E-state index contributed by atoms with van der Waals surface area (Å²) in [7, 11) is 0. The molecule has 1 aliphatic rings. The highest BCUT2D eigenvalue weighted by Gasteiger charge is 2.27. The summed E-state index contributed by atoms with van der Waals surface area (Å²) in [4.78, 5) is 38.7. The second-order valence-electron chi connectivity index (χ2n) is 10.3. The minimum atomic E-state index is -1.13. The molecule has 0 bridgehead atoms. The molecule has 0 saturated carbocycles. The number of carboxylic acid groups (broad SMARTS) is 1. The summed E-state index contributed by atoms with van der Waals surface area (Å²) in [5.74, 6) is -0.857. The van der Waals surface area contributed by atoms with E-state index in [0.717, 1.165) is 23.1 Å². The molecular weight excluding hydrogens is 570 g/mol. The average molecular weight is 602 g/mol. The van der Waals surface area contributed by atoms with E-state index in [0.29, 0.717) is 47.0 Å². The summed E-state index contributed by atoms with van der Waals surface area (Å²) < 4.78 is 7.40. The second-order valence-corrected chi connectivity index (χ2v) is 10.7. The van der Waals surface area contributed by atoms with E-state index in [1.165, 1.54) is 4.57 Å². The molecule has 0 unspecified atom stereocenters. The van der Waals surface area contributed by atoms with Crippen molar-refractivity contribution in [2.75, 3.05) is 11.9 Å². The van der Waals surface area contributed by atoms with Crippen LogP contribution < -0.4 is 20.9 Å². The molecule has 2 amide bonds. The summed E-state index contributed by atoms with van der Waals surface area (Å²) in [6.07, 6.45) is 1.49. The SMILES string of the molecule is CCOc1cc([C@H](CC(=O)O)NC(=O)Nc2c(O)c3c(n(Cc4ccccc4Cl)c2=O)CCC3)ccc1-c1ccccc1. The van der Waals surface area contributed by atoms with E-state index >= 15 is 0 Å². The van der Waals surface area contributed by atoms with Crippen LogP contribution in [-0.2, 0) is 24.2 Å². The molecule has 0 saturated heterocycles. The number of carbonyl (C=O) groups excluding carboxylic acids is 1. The Morgan fingerprint density at radius 1 is 1.05 bits per heavy atom. The quantitative estimate of drug-likeness (QED) is 0.173. The fraction of sp³-hybridized carbons (Fsp3) is 0.242. The van der Waals surface area contributed by atoms with Crippen LogP contribution in [0.3, 0.4) is 0 Å². The maximum Gasteiger partial charge on any atom is 0.319 e. The lowest BCUT2D eigenvalue weighted by Crippen LogP contribution is -2.37. The summed E-state index contributed by atoms with van der Waals surface area (Å²) in [5.41, 5.74) is 3.45. The van der Waals surface area contributed by atoms with Gasteiger partial charge in [-0.3, -0.25) is 9.59 Å². The van der Waals surface area contributed by atoms with E-state index < -0.39 is 30.0 Å². The Bertz CT molecular complexity index is 1720. The van der Waals surface area contributed by atoms with Gasteiger partial charge >= 0.3 is 12.0 Å². The van der Waals surface area contributed by atoms with E-state index in [4.69, 9.17) is 16.3 Å². The van der Waals surface area contributed by atoms with Gasteiger partial charge in [0.2, 0.25) is 0 Å². The van der Waals surface area contributed by atoms with Crippen LogP contribution in [-0.4, -0.2) is 33.4 Å². The van der Waals surface area contributed by atoms with Crippen molar-refractivity contribution >= 4 is 29.3 Å². The number of amides is 2. The van der Waals surface area contributed by atoms with Gasteiger partial charge in [-0.25, -0.2) is 4.79 Å². The van der Waals surface area contributed by atoms with Crippen molar-refractivity contribution in [3.63, 3.8) is 0 Å². The number of nitrogens with one attached hydrogen (secondary N) is 2. The zero-order valence-electron chi connectivity index (χ0n) is 23.6. The van der Waals surface area contributed by atoms with Gasteiger partial charge in [-0.15, -0.1) is 0 Å². The predicted octanol–water partition coefficient (Wildman–Crippen LogP) is 6.15. The van der Waals surface area contributed by atoms with Gasteiger partial charge < -0.3 is 30.2 Å². The van der Waals surface area contributed by atoms with Crippen LogP contribution in [0.5, 0.6) is 11.5 Å². The first kappa shape index (κ1) is 29.7. The topological polar surface area (TPSA) is 130 Å².